The lowest BCUT2D eigenvalue weighted by Crippen LogP contribution is -2.30. The average Bonchev–Trinajstić information content (AvgIpc) is 3.30. The standard InChI is InChI=1S/C23H22N2O3S2/c1-28-16-9-6-14(7-10-16)13-29-23-24-19-11-8-15(12-20(19)30-23)25-21(26)17-4-2-3-5-18(17)22(25)27/h6-12,17-18H,2-5,13H2,1H3/t17-,18-/m0/s1. The molecule has 2 amide bonds. The molecule has 0 radical (unpaired) electrons. The van der Waals surface area contributed by atoms with Gasteiger partial charge in [-0.3, -0.25) is 14.5 Å². The molecule has 1 aromatic heterocycles. The third-order valence-electron chi connectivity index (χ3n) is 5.97. The fraction of sp³-hybridized carbons (Fsp3) is 0.348. The van der Waals surface area contributed by atoms with Crippen LogP contribution in [0.1, 0.15) is 31.2 Å². The minimum atomic E-state index is -0.126. The van der Waals surface area contributed by atoms with E-state index in [1.165, 1.54) is 10.5 Å². The molecule has 0 N–H and O–H groups in total. The lowest BCUT2D eigenvalue weighted by molar-refractivity contribution is -0.122. The summed E-state index contributed by atoms with van der Waals surface area (Å²) in [7, 11) is 1.66. The number of hydrogen-bond donors (Lipinski definition) is 0. The van der Waals surface area contributed by atoms with Crippen molar-refractivity contribution in [1.29, 1.82) is 0 Å². The van der Waals surface area contributed by atoms with Gasteiger partial charge in [0.05, 0.1) is 34.8 Å². The molecule has 1 saturated heterocycles. The second-order valence-corrected chi connectivity index (χ2v) is 10.0. The van der Waals surface area contributed by atoms with E-state index < -0.39 is 0 Å². The molecule has 0 bridgehead atoms. The molecule has 5 nitrogen and oxygen atoms in total. The average molecular weight is 439 g/mol. The highest BCUT2D eigenvalue weighted by Crippen LogP contribution is 2.41. The van der Waals surface area contributed by atoms with Gasteiger partial charge in [0.25, 0.3) is 0 Å². The Labute approximate surface area is 183 Å². The van der Waals surface area contributed by atoms with Crippen molar-refractivity contribution in [3.8, 4) is 5.75 Å². The Kier molecular flexibility index (Phi) is 5.25. The maximum atomic E-state index is 12.9. The molecule has 0 spiro atoms. The number of carbonyl (C=O) groups is 2. The largest absolute Gasteiger partial charge is 0.497 e. The van der Waals surface area contributed by atoms with Gasteiger partial charge in [-0.2, -0.15) is 0 Å². The molecule has 7 heteroatoms. The Morgan fingerprint density at radius 3 is 2.43 bits per heavy atom. The Balaban J connectivity index is 1.35. The summed E-state index contributed by atoms with van der Waals surface area (Å²) in [6.45, 7) is 0. The van der Waals surface area contributed by atoms with Gasteiger partial charge in [-0.15, -0.1) is 11.3 Å². The van der Waals surface area contributed by atoms with Crippen LogP contribution in [0.4, 0.5) is 5.69 Å². The zero-order chi connectivity index (χ0) is 20.7. The van der Waals surface area contributed by atoms with Crippen molar-refractivity contribution in [1.82, 2.24) is 4.98 Å². The molecule has 5 rings (SSSR count). The van der Waals surface area contributed by atoms with E-state index in [0.29, 0.717) is 5.69 Å². The van der Waals surface area contributed by atoms with Crippen LogP contribution in [0.5, 0.6) is 5.75 Å². The van der Waals surface area contributed by atoms with Gasteiger partial charge in [0.2, 0.25) is 11.8 Å². The lowest BCUT2D eigenvalue weighted by atomic mass is 9.81. The SMILES string of the molecule is COc1ccc(CSc2nc3ccc(N4C(=O)[C@H]5CCCC[C@@H]5C4=O)cc3s2)cc1. The molecule has 30 heavy (non-hydrogen) atoms. The van der Waals surface area contributed by atoms with Gasteiger partial charge in [-0.1, -0.05) is 36.7 Å². The summed E-state index contributed by atoms with van der Waals surface area (Å²) < 4.78 is 7.18. The summed E-state index contributed by atoms with van der Waals surface area (Å²) in [5.74, 6) is 1.37. The quantitative estimate of drug-likeness (QED) is 0.401. The molecule has 2 aromatic carbocycles. The molecule has 3 aromatic rings. The molecular formula is C23H22N2O3S2. The number of amides is 2. The molecule has 2 heterocycles. The Hall–Kier alpha value is -2.38. The monoisotopic (exact) mass is 438 g/mol. The fourth-order valence-corrected chi connectivity index (χ4v) is 6.43. The predicted molar refractivity (Wildman–Crippen MR) is 120 cm³/mol. The van der Waals surface area contributed by atoms with Crippen LogP contribution >= 0.6 is 23.1 Å². The minimum absolute atomic E-state index is 0.0253. The predicted octanol–water partition coefficient (Wildman–Crippen LogP) is 5.28. The van der Waals surface area contributed by atoms with E-state index >= 15 is 0 Å². The first kappa shape index (κ1) is 19.6. The molecule has 1 saturated carbocycles. The van der Waals surface area contributed by atoms with Gasteiger partial charge in [0.1, 0.15) is 5.75 Å². The van der Waals surface area contributed by atoms with Crippen LogP contribution in [0, 0.1) is 11.8 Å². The highest BCUT2D eigenvalue weighted by atomic mass is 32.2. The van der Waals surface area contributed by atoms with Gasteiger partial charge >= 0.3 is 0 Å². The highest BCUT2D eigenvalue weighted by molar-refractivity contribution is 8.00. The van der Waals surface area contributed by atoms with E-state index in [-0.39, 0.29) is 23.7 Å². The number of hydrogen-bond acceptors (Lipinski definition) is 6. The first-order chi connectivity index (χ1) is 14.6. The summed E-state index contributed by atoms with van der Waals surface area (Å²) in [5.41, 5.74) is 2.79. The summed E-state index contributed by atoms with van der Waals surface area (Å²) in [6.07, 6.45) is 3.74. The van der Waals surface area contributed by atoms with Crippen molar-refractivity contribution in [3.05, 3.63) is 48.0 Å². The maximum Gasteiger partial charge on any atom is 0.237 e. The van der Waals surface area contributed by atoms with Crippen LogP contribution < -0.4 is 9.64 Å². The summed E-state index contributed by atoms with van der Waals surface area (Å²) >= 11 is 3.29. The molecule has 1 aliphatic carbocycles. The van der Waals surface area contributed by atoms with Crippen molar-refractivity contribution in [2.75, 3.05) is 12.0 Å². The number of imide groups is 1. The van der Waals surface area contributed by atoms with Crippen LogP contribution in [0.3, 0.4) is 0 Å². The number of anilines is 1. The van der Waals surface area contributed by atoms with E-state index in [2.05, 4.69) is 12.1 Å². The number of thiazole rings is 1. The van der Waals surface area contributed by atoms with Gasteiger partial charge in [-0.05, 0) is 48.7 Å². The van der Waals surface area contributed by atoms with Gasteiger partial charge in [0.15, 0.2) is 4.34 Å². The van der Waals surface area contributed by atoms with Crippen molar-refractivity contribution >= 4 is 50.8 Å². The van der Waals surface area contributed by atoms with E-state index in [0.717, 1.165) is 51.7 Å². The van der Waals surface area contributed by atoms with Crippen molar-refractivity contribution in [2.24, 2.45) is 11.8 Å². The second kappa shape index (κ2) is 8.04. The highest BCUT2D eigenvalue weighted by Gasteiger charge is 2.48. The summed E-state index contributed by atoms with van der Waals surface area (Å²) in [4.78, 5) is 31.9. The number of carbonyl (C=O) groups excluding carboxylic acids is 2. The molecule has 2 fully saturated rings. The number of rotatable bonds is 5. The fourth-order valence-electron chi connectivity index (χ4n) is 4.38. The van der Waals surface area contributed by atoms with E-state index in [1.807, 2.05) is 30.3 Å². The second-order valence-electron chi connectivity index (χ2n) is 7.78. The molecular weight excluding hydrogens is 416 g/mol. The zero-order valence-electron chi connectivity index (χ0n) is 16.7. The number of fused-ring (bicyclic) bond motifs is 2. The number of aromatic nitrogens is 1. The van der Waals surface area contributed by atoms with E-state index in [1.54, 1.807) is 30.2 Å². The first-order valence-electron chi connectivity index (χ1n) is 10.2. The normalized spacial score (nSPS) is 21.3. The number of nitrogens with zero attached hydrogens (tertiary/aromatic N) is 2. The van der Waals surface area contributed by atoms with Gasteiger partial charge in [0, 0.05) is 5.75 Å². The van der Waals surface area contributed by atoms with E-state index in [4.69, 9.17) is 9.72 Å². The van der Waals surface area contributed by atoms with Crippen LogP contribution in [0.25, 0.3) is 10.2 Å². The van der Waals surface area contributed by atoms with Crippen molar-refractivity contribution < 1.29 is 14.3 Å². The summed E-state index contributed by atoms with van der Waals surface area (Å²) in [6, 6.07) is 13.7. The third kappa shape index (κ3) is 3.50. The van der Waals surface area contributed by atoms with Crippen LogP contribution in [-0.2, 0) is 15.3 Å². The first-order valence-corrected chi connectivity index (χ1v) is 12.0. The Morgan fingerprint density at radius 1 is 1.07 bits per heavy atom. The van der Waals surface area contributed by atoms with Crippen LogP contribution in [0.2, 0.25) is 0 Å². The Bertz CT molecular complexity index is 1090. The molecule has 2 atom stereocenters. The van der Waals surface area contributed by atoms with Crippen LogP contribution in [-0.4, -0.2) is 23.9 Å². The number of methoxy groups -OCH3 is 1. The minimum Gasteiger partial charge on any atom is -0.497 e. The number of thioether (sulfide) groups is 1. The molecule has 2 aliphatic rings. The smallest absolute Gasteiger partial charge is 0.237 e. The molecule has 1 aliphatic heterocycles. The topological polar surface area (TPSA) is 59.5 Å². The number of benzene rings is 2. The van der Waals surface area contributed by atoms with Crippen LogP contribution in [0.15, 0.2) is 46.8 Å². The van der Waals surface area contributed by atoms with E-state index in [9.17, 15) is 9.59 Å². The molecule has 0 unspecified atom stereocenters. The van der Waals surface area contributed by atoms with Crippen molar-refractivity contribution in [3.63, 3.8) is 0 Å². The third-order valence-corrected chi connectivity index (χ3v) is 8.21. The Morgan fingerprint density at radius 2 is 1.77 bits per heavy atom. The van der Waals surface area contributed by atoms with Gasteiger partial charge < -0.3 is 4.74 Å². The maximum absolute atomic E-state index is 12.9. The molecule has 154 valence electrons. The zero-order valence-corrected chi connectivity index (χ0v) is 18.3. The summed E-state index contributed by atoms with van der Waals surface area (Å²) in [5, 5.41) is 0. The lowest BCUT2D eigenvalue weighted by Gasteiger charge is -2.19. The van der Waals surface area contributed by atoms with Gasteiger partial charge in [-0.25, -0.2) is 4.98 Å². The van der Waals surface area contributed by atoms with Crippen molar-refractivity contribution in [2.45, 2.75) is 35.8 Å². The number of ether oxygens (including phenoxy) is 1.